The average Bonchev–Trinajstić information content (AvgIpc) is 2.64. The smallest absolute Gasteiger partial charge is 0.196 e. The highest BCUT2D eigenvalue weighted by atomic mass is 19.1. The molecular weight excluding hydrogens is 190 g/mol. The molecule has 0 saturated carbocycles. The highest BCUT2D eigenvalue weighted by Gasteiger charge is 2.05. The van der Waals surface area contributed by atoms with Crippen LogP contribution in [-0.2, 0) is 0 Å². The predicted octanol–water partition coefficient (Wildman–Crippen LogP) is 1.80. The molecule has 0 aliphatic rings. The van der Waals surface area contributed by atoms with Gasteiger partial charge in [-0.1, -0.05) is 4.85 Å². The lowest BCUT2D eigenvalue weighted by molar-refractivity contribution is 0.169. The minimum atomic E-state index is -0.651. The van der Waals surface area contributed by atoms with Crippen molar-refractivity contribution in [2.75, 3.05) is 0 Å². The number of aromatic nitrogens is 2. The molecule has 1 radical (unpaired) electrons. The van der Waals surface area contributed by atoms with Gasteiger partial charge in [-0.3, -0.25) is 0 Å². The van der Waals surface area contributed by atoms with Gasteiger partial charge in [0.25, 0.3) is 0 Å². The monoisotopic (exact) mass is 195 g/mol. The molecule has 14 heavy (non-hydrogen) atoms. The molecule has 1 aromatic heterocycles. The molecule has 1 heterocycles. The van der Waals surface area contributed by atoms with Crippen LogP contribution >= 0.6 is 0 Å². The van der Waals surface area contributed by atoms with Gasteiger partial charge in [0.15, 0.2) is 11.6 Å². The first-order valence-electron chi connectivity index (χ1n) is 3.80. The molecule has 0 fully saturated rings. The lowest BCUT2D eigenvalue weighted by Gasteiger charge is -2.04. The van der Waals surface area contributed by atoms with Gasteiger partial charge >= 0.3 is 0 Å². The standard InChI is InChI=1S/C9H5F2N2O/c10-7-2-3-8(11)9(6-7)14-13-5-1-4-12-13/h2-6H. The summed E-state index contributed by atoms with van der Waals surface area (Å²) in [6, 6.07) is 5.53. The van der Waals surface area contributed by atoms with E-state index in [9.17, 15) is 8.78 Å². The second-order valence-electron chi connectivity index (χ2n) is 2.51. The zero-order chi connectivity index (χ0) is 9.97. The lowest BCUT2D eigenvalue weighted by Crippen LogP contribution is -2.06. The number of benzene rings is 1. The van der Waals surface area contributed by atoms with Crippen LogP contribution in [0, 0.1) is 17.7 Å². The van der Waals surface area contributed by atoms with Crippen LogP contribution in [0.15, 0.2) is 30.6 Å². The van der Waals surface area contributed by atoms with E-state index in [4.69, 9.17) is 4.84 Å². The molecule has 0 atom stereocenters. The first kappa shape index (κ1) is 8.68. The molecule has 0 aliphatic carbocycles. The molecule has 0 aliphatic heterocycles. The SMILES string of the molecule is Fc1ccc(F)c(On2c[c]cn2)c1. The highest BCUT2D eigenvalue weighted by Crippen LogP contribution is 2.17. The summed E-state index contributed by atoms with van der Waals surface area (Å²) in [6.07, 6.45) is 2.70. The number of hydrogen-bond donors (Lipinski definition) is 0. The van der Waals surface area contributed by atoms with Gasteiger partial charge in [0.2, 0.25) is 0 Å². The van der Waals surface area contributed by atoms with Crippen molar-refractivity contribution in [1.82, 2.24) is 9.94 Å². The lowest BCUT2D eigenvalue weighted by atomic mass is 10.3. The van der Waals surface area contributed by atoms with E-state index in [1.165, 1.54) is 12.4 Å². The van der Waals surface area contributed by atoms with Crippen LogP contribution in [0.1, 0.15) is 0 Å². The molecule has 2 rings (SSSR count). The molecule has 0 saturated heterocycles. The molecule has 3 nitrogen and oxygen atoms in total. The molecular formula is C9H5F2N2O. The van der Waals surface area contributed by atoms with Crippen LogP contribution < -0.4 is 4.84 Å². The summed E-state index contributed by atoms with van der Waals surface area (Å²) >= 11 is 0. The summed E-state index contributed by atoms with van der Waals surface area (Å²) in [5.41, 5.74) is 0. The Morgan fingerprint density at radius 3 is 2.93 bits per heavy atom. The largest absolute Gasteiger partial charge is 0.355 e. The summed E-state index contributed by atoms with van der Waals surface area (Å²) in [6.45, 7) is 0. The third-order valence-electron chi connectivity index (χ3n) is 1.52. The van der Waals surface area contributed by atoms with Crippen molar-refractivity contribution in [2.24, 2.45) is 0 Å². The minimum absolute atomic E-state index is 0.220. The predicted molar refractivity (Wildman–Crippen MR) is 43.4 cm³/mol. The zero-order valence-corrected chi connectivity index (χ0v) is 6.95. The van der Waals surface area contributed by atoms with Gasteiger partial charge in [-0.25, -0.2) is 8.78 Å². The van der Waals surface area contributed by atoms with E-state index in [1.54, 1.807) is 0 Å². The van der Waals surface area contributed by atoms with E-state index in [2.05, 4.69) is 11.2 Å². The van der Waals surface area contributed by atoms with Crippen molar-refractivity contribution in [3.8, 4) is 5.75 Å². The Kier molecular flexibility index (Phi) is 2.14. The van der Waals surface area contributed by atoms with Crippen molar-refractivity contribution in [3.63, 3.8) is 0 Å². The van der Waals surface area contributed by atoms with Crippen LogP contribution in [0.4, 0.5) is 8.78 Å². The quantitative estimate of drug-likeness (QED) is 0.730. The maximum absolute atomic E-state index is 13.0. The molecule has 0 N–H and O–H groups in total. The molecule has 0 spiro atoms. The van der Waals surface area contributed by atoms with Crippen molar-refractivity contribution in [1.29, 1.82) is 0 Å². The maximum Gasteiger partial charge on any atom is 0.196 e. The van der Waals surface area contributed by atoms with E-state index in [0.29, 0.717) is 0 Å². The summed E-state index contributed by atoms with van der Waals surface area (Å²) in [7, 11) is 0. The number of halogens is 2. The Morgan fingerprint density at radius 2 is 2.21 bits per heavy atom. The van der Waals surface area contributed by atoms with Gasteiger partial charge in [-0.15, -0.1) is 5.10 Å². The van der Waals surface area contributed by atoms with Gasteiger partial charge in [0.1, 0.15) is 5.82 Å². The molecule has 1 aromatic carbocycles. The van der Waals surface area contributed by atoms with E-state index in [0.717, 1.165) is 23.0 Å². The molecule has 0 unspecified atom stereocenters. The van der Waals surface area contributed by atoms with Crippen LogP contribution in [0.2, 0.25) is 0 Å². The Balaban J connectivity index is 2.28. The number of nitrogens with zero attached hydrogens (tertiary/aromatic N) is 2. The topological polar surface area (TPSA) is 27.1 Å². The van der Waals surface area contributed by atoms with E-state index >= 15 is 0 Å². The maximum atomic E-state index is 13.0. The first-order valence-corrected chi connectivity index (χ1v) is 3.80. The number of rotatable bonds is 2. The van der Waals surface area contributed by atoms with Gasteiger partial charge < -0.3 is 4.84 Å². The van der Waals surface area contributed by atoms with Gasteiger partial charge in [-0.2, -0.15) is 0 Å². The van der Waals surface area contributed by atoms with E-state index < -0.39 is 11.6 Å². The fourth-order valence-electron chi connectivity index (χ4n) is 0.919. The Hall–Kier alpha value is -1.91. The number of hydrogen-bond acceptors (Lipinski definition) is 2. The van der Waals surface area contributed by atoms with Gasteiger partial charge in [0, 0.05) is 12.1 Å². The first-order chi connectivity index (χ1) is 6.75. The third kappa shape index (κ3) is 1.71. The van der Waals surface area contributed by atoms with Crippen molar-refractivity contribution in [2.45, 2.75) is 0 Å². The Labute approximate surface area is 78.5 Å². The summed E-state index contributed by atoms with van der Waals surface area (Å²) < 4.78 is 25.7. The van der Waals surface area contributed by atoms with E-state index in [-0.39, 0.29) is 5.75 Å². The second-order valence-corrected chi connectivity index (χ2v) is 2.51. The van der Waals surface area contributed by atoms with E-state index in [1.807, 2.05) is 0 Å². The van der Waals surface area contributed by atoms with Crippen molar-refractivity contribution >= 4 is 0 Å². The van der Waals surface area contributed by atoms with Crippen molar-refractivity contribution in [3.05, 3.63) is 48.3 Å². The summed E-state index contributed by atoms with van der Waals surface area (Å²) in [5.74, 6) is -1.44. The fraction of sp³-hybridized carbons (Fsp3) is 0. The van der Waals surface area contributed by atoms with Crippen LogP contribution in [0.25, 0.3) is 0 Å². The second kappa shape index (κ2) is 3.45. The molecule has 2 aromatic rings. The minimum Gasteiger partial charge on any atom is -0.355 e. The summed E-state index contributed by atoms with van der Waals surface area (Å²) in [5, 5.41) is 3.63. The Bertz CT molecular complexity index is 428. The third-order valence-corrected chi connectivity index (χ3v) is 1.52. The average molecular weight is 195 g/mol. The Morgan fingerprint density at radius 1 is 1.36 bits per heavy atom. The molecule has 0 bridgehead atoms. The fourth-order valence-corrected chi connectivity index (χ4v) is 0.919. The van der Waals surface area contributed by atoms with Crippen LogP contribution in [-0.4, -0.2) is 9.94 Å². The normalized spacial score (nSPS) is 10.1. The van der Waals surface area contributed by atoms with Crippen molar-refractivity contribution < 1.29 is 13.6 Å². The van der Waals surface area contributed by atoms with Gasteiger partial charge in [-0.05, 0) is 12.1 Å². The molecule has 0 amide bonds. The highest BCUT2D eigenvalue weighted by molar-refractivity contribution is 5.24. The van der Waals surface area contributed by atoms with Crippen LogP contribution in [0.3, 0.4) is 0 Å². The molecule has 71 valence electrons. The molecule has 5 heteroatoms. The summed E-state index contributed by atoms with van der Waals surface area (Å²) in [4.78, 5) is 5.87. The van der Waals surface area contributed by atoms with Gasteiger partial charge in [0.05, 0.1) is 12.4 Å². The van der Waals surface area contributed by atoms with Crippen LogP contribution in [0.5, 0.6) is 5.75 Å². The zero-order valence-electron chi connectivity index (χ0n) is 6.95.